The highest BCUT2D eigenvalue weighted by Gasteiger charge is 2.30. The molecule has 0 unspecified atom stereocenters. The third kappa shape index (κ3) is 4.84. The van der Waals surface area contributed by atoms with Crippen molar-refractivity contribution in [3.8, 4) is 5.75 Å². The highest BCUT2D eigenvalue weighted by Crippen LogP contribution is 2.44. The zero-order valence-electron chi connectivity index (χ0n) is 10.8. The minimum atomic E-state index is -3.65. The predicted octanol–water partition coefficient (Wildman–Crippen LogP) is 2.62. The number of benzene rings is 1. The first-order valence-electron chi connectivity index (χ1n) is 5.37. The molecule has 0 saturated carbocycles. The van der Waals surface area contributed by atoms with Crippen LogP contribution in [0.3, 0.4) is 0 Å². The van der Waals surface area contributed by atoms with Gasteiger partial charge >= 0.3 is 13.7 Å². The minimum Gasteiger partial charge on any atom is -0.468 e. The Kier molecular flexibility index (Phi) is 5.82. The molecule has 0 aliphatic carbocycles. The van der Waals surface area contributed by atoms with Crippen LogP contribution >= 0.6 is 19.3 Å². The first kappa shape index (κ1) is 16.0. The second kappa shape index (κ2) is 6.91. The van der Waals surface area contributed by atoms with Crippen LogP contribution < -0.4 is 9.61 Å². The number of hydrogen-bond acceptors (Lipinski definition) is 5. The topological polar surface area (TPSA) is 73.9 Å². The van der Waals surface area contributed by atoms with Gasteiger partial charge in [-0.25, -0.2) is 4.57 Å². The van der Waals surface area contributed by atoms with E-state index in [0.29, 0.717) is 10.8 Å². The fraction of sp³-hybridized carbons (Fsp3) is 0.364. The molecule has 0 aromatic heterocycles. The number of methoxy groups -OCH3 is 1. The molecule has 1 N–H and O–H groups in total. The summed E-state index contributed by atoms with van der Waals surface area (Å²) in [7, 11) is -1.20. The molecule has 0 heterocycles. The molecule has 0 amide bonds. The third-order valence-corrected chi connectivity index (χ3v) is 4.07. The average Bonchev–Trinajstić information content (AvgIpc) is 2.40. The van der Waals surface area contributed by atoms with Gasteiger partial charge in [0.05, 0.1) is 7.11 Å². The van der Waals surface area contributed by atoms with Gasteiger partial charge in [0.2, 0.25) is 0 Å². The Morgan fingerprint density at radius 3 is 2.37 bits per heavy atom. The van der Waals surface area contributed by atoms with Gasteiger partial charge in [-0.2, -0.15) is 5.09 Å². The van der Waals surface area contributed by atoms with Gasteiger partial charge < -0.3 is 9.26 Å². The summed E-state index contributed by atoms with van der Waals surface area (Å²) in [5, 5.41) is 2.98. The lowest BCUT2D eigenvalue weighted by atomic mass is 10.3. The average molecular weight is 308 g/mol. The number of nitrogens with one attached hydrogen (secondary N) is 1. The van der Waals surface area contributed by atoms with E-state index in [4.69, 9.17) is 20.6 Å². The highest BCUT2D eigenvalue weighted by atomic mass is 35.5. The normalized spacial score (nSPS) is 15.4. The monoisotopic (exact) mass is 307 g/mol. The summed E-state index contributed by atoms with van der Waals surface area (Å²) in [4.78, 5) is 11.3. The predicted molar refractivity (Wildman–Crippen MR) is 71.3 cm³/mol. The molecule has 0 bridgehead atoms. The number of rotatable bonds is 6. The molecular formula is C11H15ClNO5P. The second-order valence-electron chi connectivity index (χ2n) is 3.60. The Morgan fingerprint density at radius 1 is 1.32 bits per heavy atom. The molecule has 0 aliphatic rings. The number of halogens is 1. The van der Waals surface area contributed by atoms with Gasteiger partial charge in [-0.1, -0.05) is 11.6 Å². The molecule has 0 radical (unpaired) electrons. The van der Waals surface area contributed by atoms with Crippen LogP contribution in [0.5, 0.6) is 5.75 Å². The summed E-state index contributed by atoms with van der Waals surface area (Å²) in [6.45, 7) is 1.49. The van der Waals surface area contributed by atoms with E-state index < -0.39 is 19.8 Å². The molecule has 0 saturated heterocycles. The van der Waals surface area contributed by atoms with Crippen molar-refractivity contribution in [2.75, 3.05) is 14.2 Å². The Balaban J connectivity index is 2.77. The van der Waals surface area contributed by atoms with E-state index in [0.717, 1.165) is 0 Å². The SMILES string of the molecule is COC(=O)[C@H](C)N[P@@](=O)(OC)Oc1ccc(Cl)cc1. The zero-order valence-corrected chi connectivity index (χ0v) is 12.4. The Morgan fingerprint density at radius 2 is 1.89 bits per heavy atom. The summed E-state index contributed by atoms with van der Waals surface area (Å²) in [5.74, 6) is -0.267. The van der Waals surface area contributed by atoms with Crippen LogP contribution in [0.1, 0.15) is 6.92 Å². The van der Waals surface area contributed by atoms with Crippen molar-refractivity contribution in [3.63, 3.8) is 0 Å². The molecule has 1 aromatic carbocycles. The van der Waals surface area contributed by atoms with Gasteiger partial charge in [0, 0.05) is 12.1 Å². The molecule has 1 rings (SSSR count). The van der Waals surface area contributed by atoms with Crippen molar-refractivity contribution in [3.05, 3.63) is 29.3 Å². The smallest absolute Gasteiger partial charge is 0.459 e. The van der Waals surface area contributed by atoms with E-state index in [-0.39, 0.29) is 0 Å². The Bertz CT molecular complexity index is 478. The lowest BCUT2D eigenvalue weighted by molar-refractivity contribution is -0.142. The number of esters is 1. The maximum atomic E-state index is 12.3. The van der Waals surface area contributed by atoms with Gasteiger partial charge in [0.25, 0.3) is 0 Å². The highest BCUT2D eigenvalue weighted by molar-refractivity contribution is 7.52. The maximum Gasteiger partial charge on any atom is 0.459 e. The molecule has 2 atom stereocenters. The fourth-order valence-electron chi connectivity index (χ4n) is 1.22. The first-order valence-corrected chi connectivity index (χ1v) is 7.29. The van der Waals surface area contributed by atoms with Crippen LogP contribution in [-0.2, 0) is 18.6 Å². The van der Waals surface area contributed by atoms with E-state index in [9.17, 15) is 9.36 Å². The van der Waals surface area contributed by atoms with E-state index in [2.05, 4.69) is 9.82 Å². The number of carbonyl (C=O) groups excluding carboxylic acids is 1. The Hall–Kier alpha value is -1.07. The standard InChI is InChI=1S/C11H15ClNO5P/c1-8(11(14)16-2)13-19(15,17-3)18-10-6-4-9(12)5-7-10/h4-8H,1-3H3,(H,13,15)/t8-,19+/m0/s1. The summed E-state index contributed by atoms with van der Waals surface area (Å²) in [6.07, 6.45) is 0. The summed E-state index contributed by atoms with van der Waals surface area (Å²) in [5.41, 5.74) is 0. The summed E-state index contributed by atoms with van der Waals surface area (Å²) in [6, 6.07) is 5.42. The van der Waals surface area contributed by atoms with E-state index in [1.807, 2.05) is 0 Å². The van der Waals surface area contributed by atoms with Crippen LogP contribution in [0.4, 0.5) is 0 Å². The molecule has 8 heteroatoms. The minimum absolute atomic E-state index is 0.305. The fourth-order valence-corrected chi connectivity index (χ4v) is 2.55. The van der Waals surface area contributed by atoms with Crippen molar-refractivity contribution in [1.29, 1.82) is 0 Å². The van der Waals surface area contributed by atoms with Crippen molar-refractivity contribution in [2.24, 2.45) is 0 Å². The summed E-state index contributed by atoms with van der Waals surface area (Å²) < 4.78 is 26.8. The zero-order chi connectivity index (χ0) is 14.5. The molecule has 106 valence electrons. The quantitative estimate of drug-likeness (QED) is 0.643. The largest absolute Gasteiger partial charge is 0.468 e. The molecule has 0 aliphatic heterocycles. The first-order chi connectivity index (χ1) is 8.90. The number of carbonyl (C=O) groups is 1. The van der Waals surface area contributed by atoms with Gasteiger partial charge in [-0.15, -0.1) is 0 Å². The number of hydrogen-bond donors (Lipinski definition) is 1. The van der Waals surface area contributed by atoms with Crippen molar-refractivity contribution < 1.29 is 23.1 Å². The molecule has 0 fully saturated rings. The van der Waals surface area contributed by atoms with Crippen LogP contribution in [0.2, 0.25) is 5.02 Å². The molecule has 19 heavy (non-hydrogen) atoms. The van der Waals surface area contributed by atoms with E-state index in [1.54, 1.807) is 24.3 Å². The van der Waals surface area contributed by atoms with Gasteiger partial charge in [0.15, 0.2) is 0 Å². The molecule has 0 spiro atoms. The molecule has 1 aromatic rings. The van der Waals surface area contributed by atoms with Gasteiger partial charge in [-0.05, 0) is 31.2 Å². The Labute approximate surface area is 116 Å². The molecular weight excluding hydrogens is 293 g/mol. The van der Waals surface area contributed by atoms with Crippen LogP contribution in [-0.4, -0.2) is 26.2 Å². The van der Waals surface area contributed by atoms with Crippen LogP contribution in [0.25, 0.3) is 0 Å². The number of ether oxygens (including phenoxy) is 1. The maximum absolute atomic E-state index is 12.3. The van der Waals surface area contributed by atoms with Crippen LogP contribution in [0, 0.1) is 0 Å². The third-order valence-electron chi connectivity index (χ3n) is 2.19. The van der Waals surface area contributed by atoms with Gasteiger partial charge in [-0.3, -0.25) is 9.32 Å². The van der Waals surface area contributed by atoms with Crippen molar-refractivity contribution in [1.82, 2.24) is 5.09 Å². The lowest BCUT2D eigenvalue weighted by Crippen LogP contribution is -2.34. The van der Waals surface area contributed by atoms with Crippen molar-refractivity contribution in [2.45, 2.75) is 13.0 Å². The second-order valence-corrected chi connectivity index (χ2v) is 5.84. The van der Waals surface area contributed by atoms with Crippen LogP contribution in [0.15, 0.2) is 24.3 Å². The molecule has 6 nitrogen and oxygen atoms in total. The van der Waals surface area contributed by atoms with E-state index >= 15 is 0 Å². The lowest BCUT2D eigenvalue weighted by Gasteiger charge is -2.20. The van der Waals surface area contributed by atoms with Crippen molar-refractivity contribution >= 4 is 25.3 Å². The van der Waals surface area contributed by atoms with Gasteiger partial charge in [0.1, 0.15) is 11.8 Å². The summed E-state index contributed by atoms with van der Waals surface area (Å²) >= 11 is 5.73. The van der Waals surface area contributed by atoms with E-state index in [1.165, 1.54) is 21.1 Å².